The van der Waals surface area contributed by atoms with Crippen molar-refractivity contribution in [3.63, 3.8) is 0 Å². The van der Waals surface area contributed by atoms with Crippen LogP contribution in [-0.2, 0) is 19.6 Å². The lowest BCUT2D eigenvalue weighted by molar-refractivity contribution is -0.143. The molecule has 1 fully saturated rings. The Morgan fingerprint density at radius 3 is 2.55 bits per heavy atom. The summed E-state index contributed by atoms with van der Waals surface area (Å²) in [7, 11) is -3.16. The highest BCUT2D eigenvalue weighted by molar-refractivity contribution is 7.88. The molecule has 2 atom stereocenters. The molecule has 1 rings (SSSR count). The average molecular weight is 305 g/mol. The molecule has 0 saturated carbocycles. The molecular weight excluding hydrogens is 278 g/mol. The van der Waals surface area contributed by atoms with Crippen molar-refractivity contribution in [3.05, 3.63) is 0 Å². The van der Waals surface area contributed by atoms with Gasteiger partial charge in [0.25, 0.3) is 0 Å². The topological polar surface area (TPSA) is 63.7 Å². The average Bonchev–Trinajstić information content (AvgIpc) is 2.38. The zero-order chi connectivity index (χ0) is 15.4. The molecule has 0 aromatic rings. The fourth-order valence-electron chi connectivity index (χ4n) is 2.67. The Labute approximate surface area is 122 Å². The van der Waals surface area contributed by atoms with Crippen molar-refractivity contribution in [2.45, 2.75) is 52.1 Å². The summed E-state index contributed by atoms with van der Waals surface area (Å²) < 4.78 is 30.3. The molecule has 5 nitrogen and oxygen atoms in total. The van der Waals surface area contributed by atoms with Gasteiger partial charge in [-0.15, -0.1) is 0 Å². The Morgan fingerprint density at radius 2 is 2.05 bits per heavy atom. The zero-order valence-corrected chi connectivity index (χ0v) is 13.8. The number of ketones is 1. The smallest absolute Gasteiger partial charge is 0.211 e. The molecule has 6 heteroatoms. The van der Waals surface area contributed by atoms with Crippen LogP contribution in [0.25, 0.3) is 0 Å². The fourth-order valence-corrected chi connectivity index (χ4v) is 3.61. The van der Waals surface area contributed by atoms with Crippen molar-refractivity contribution in [1.82, 2.24) is 4.31 Å². The molecule has 0 aromatic heterocycles. The van der Waals surface area contributed by atoms with Gasteiger partial charge in [0.2, 0.25) is 10.0 Å². The molecule has 2 unspecified atom stereocenters. The first kappa shape index (κ1) is 17.6. The Morgan fingerprint density at radius 1 is 1.40 bits per heavy atom. The number of hydrogen-bond acceptors (Lipinski definition) is 4. The van der Waals surface area contributed by atoms with Crippen LogP contribution in [0.5, 0.6) is 0 Å². The summed E-state index contributed by atoms with van der Waals surface area (Å²) in [6.45, 7) is 7.19. The maximum atomic E-state index is 12.4. The van der Waals surface area contributed by atoms with Crippen molar-refractivity contribution in [2.24, 2.45) is 5.92 Å². The number of sulfonamides is 1. The van der Waals surface area contributed by atoms with E-state index in [0.29, 0.717) is 32.5 Å². The predicted octanol–water partition coefficient (Wildman–Crippen LogP) is 1.82. The number of carbonyl (C=O) groups is 1. The second-order valence-electron chi connectivity index (χ2n) is 5.77. The van der Waals surface area contributed by atoms with Gasteiger partial charge < -0.3 is 4.74 Å². The van der Waals surface area contributed by atoms with Crippen LogP contribution in [0.2, 0.25) is 0 Å². The third-order valence-electron chi connectivity index (χ3n) is 4.15. The molecule has 0 spiro atoms. The molecule has 1 saturated heterocycles. The third-order valence-corrected chi connectivity index (χ3v) is 5.42. The first-order valence-electron chi connectivity index (χ1n) is 7.35. The number of nitrogens with zero attached hydrogens (tertiary/aromatic N) is 1. The summed E-state index contributed by atoms with van der Waals surface area (Å²) in [6, 6.07) is 0. The predicted molar refractivity (Wildman–Crippen MR) is 79.1 cm³/mol. The van der Waals surface area contributed by atoms with Crippen molar-refractivity contribution in [3.8, 4) is 0 Å². The fraction of sp³-hybridized carbons (Fsp3) is 0.929. The summed E-state index contributed by atoms with van der Waals surface area (Å²) in [6.07, 6.45) is 4.00. The number of hydrogen-bond donors (Lipinski definition) is 0. The Kier molecular flexibility index (Phi) is 6.16. The van der Waals surface area contributed by atoms with Gasteiger partial charge in [-0.2, -0.15) is 0 Å². The van der Waals surface area contributed by atoms with E-state index in [1.54, 1.807) is 0 Å². The van der Waals surface area contributed by atoms with Crippen LogP contribution in [0.1, 0.15) is 46.5 Å². The lowest BCUT2D eigenvalue weighted by Crippen LogP contribution is -2.43. The van der Waals surface area contributed by atoms with Gasteiger partial charge in [0, 0.05) is 26.1 Å². The highest BCUT2D eigenvalue weighted by Gasteiger charge is 2.35. The van der Waals surface area contributed by atoms with E-state index in [1.807, 2.05) is 20.8 Å². The van der Waals surface area contributed by atoms with E-state index in [4.69, 9.17) is 4.74 Å². The van der Waals surface area contributed by atoms with Crippen molar-refractivity contribution < 1.29 is 17.9 Å². The number of piperidine rings is 1. The summed E-state index contributed by atoms with van der Waals surface area (Å²) in [4.78, 5) is 12.4. The standard InChI is InChI=1S/C14H27NO4S/c1-5-14(3,19-6-2)13(16)10-12-8-7-9-15(11-12)20(4,17)18/h12H,5-11H2,1-4H3. The summed E-state index contributed by atoms with van der Waals surface area (Å²) in [5, 5.41) is 0. The van der Waals surface area contributed by atoms with Gasteiger partial charge in [-0.1, -0.05) is 6.92 Å². The first-order chi connectivity index (χ1) is 9.23. The molecule has 0 bridgehead atoms. The van der Waals surface area contributed by atoms with Crippen LogP contribution in [0.3, 0.4) is 0 Å². The van der Waals surface area contributed by atoms with E-state index >= 15 is 0 Å². The molecule has 1 heterocycles. The van der Waals surface area contributed by atoms with Gasteiger partial charge >= 0.3 is 0 Å². The van der Waals surface area contributed by atoms with Crippen molar-refractivity contribution >= 4 is 15.8 Å². The number of Topliss-reactive ketones (excluding diaryl/α,β-unsaturated/α-hetero) is 1. The first-order valence-corrected chi connectivity index (χ1v) is 9.20. The SMILES string of the molecule is CCOC(C)(CC)C(=O)CC1CCCN(S(C)(=O)=O)C1. The van der Waals surface area contributed by atoms with E-state index in [2.05, 4.69) is 0 Å². The molecule has 118 valence electrons. The van der Waals surface area contributed by atoms with Gasteiger partial charge in [-0.25, -0.2) is 12.7 Å². The summed E-state index contributed by atoms with van der Waals surface area (Å²) >= 11 is 0. The highest BCUT2D eigenvalue weighted by atomic mass is 32.2. The van der Waals surface area contributed by atoms with Gasteiger partial charge in [-0.05, 0) is 39.0 Å². The third kappa shape index (κ3) is 4.53. The molecule has 1 aliphatic rings. The number of ether oxygens (including phenoxy) is 1. The lowest BCUT2D eigenvalue weighted by atomic mass is 9.86. The minimum atomic E-state index is -3.16. The molecule has 1 aliphatic heterocycles. The monoisotopic (exact) mass is 305 g/mol. The van der Waals surface area contributed by atoms with E-state index < -0.39 is 15.6 Å². The van der Waals surface area contributed by atoms with Crippen LogP contribution in [-0.4, -0.2) is 50.1 Å². The normalized spacial score (nSPS) is 24.3. The molecule has 20 heavy (non-hydrogen) atoms. The summed E-state index contributed by atoms with van der Waals surface area (Å²) in [5.41, 5.74) is -0.734. The van der Waals surface area contributed by atoms with Crippen molar-refractivity contribution in [2.75, 3.05) is 26.0 Å². The Hall–Kier alpha value is -0.460. The van der Waals surface area contributed by atoms with Crippen LogP contribution < -0.4 is 0 Å². The zero-order valence-electron chi connectivity index (χ0n) is 13.0. The van der Waals surface area contributed by atoms with Gasteiger partial charge in [0.1, 0.15) is 5.60 Å². The van der Waals surface area contributed by atoms with Crippen LogP contribution >= 0.6 is 0 Å². The van der Waals surface area contributed by atoms with E-state index in [-0.39, 0.29) is 11.7 Å². The van der Waals surface area contributed by atoms with Crippen LogP contribution in [0.4, 0.5) is 0 Å². The largest absolute Gasteiger partial charge is 0.368 e. The van der Waals surface area contributed by atoms with Gasteiger partial charge in [0.05, 0.1) is 6.26 Å². The second-order valence-corrected chi connectivity index (χ2v) is 7.76. The molecular formula is C14H27NO4S. The molecule has 0 radical (unpaired) electrons. The van der Waals surface area contributed by atoms with E-state index in [9.17, 15) is 13.2 Å². The summed E-state index contributed by atoms with van der Waals surface area (Å²) in [5.74, 6) is 0.194. The maximum absolute atomic E-state index is 12.4. The van der Waals surface area contributed by atoms with Crippen LogP contribution in [0.15, 0.2) is 0 Å². The van der Waals surface area contributed by atoms with E-state index in [0.717, 1.165) is 12.8 Å². The number of rotatable bonds is 7. The van der Waals surface area contributed by atoms with Gasteiger partial charge in [0.15, 0.2) is 5.78 Å². The molecule has 0 N–H and O–H groups in total. The Balaban J connectivity index is 2.66. The quantitative estimate of drug-likeness (QED) is 0.720. The number of carbonyl (C=O) groups excluding carboxylic acids is 1. The molecule has 0 amide bonds. The van der Waals surface area contributed by atoms with Crippen LogP contribution in [0, 0.1) is 5.92 Å². The molecule has 0 aliphatic carbocycles. The van der Waals surface area contributed by atoms with Crippen molar-refractivity contribution in [1.29, 1.82) is 0 Å². The van der Waals surface area contributed by atoms with Gasteiger partial charge in [-0.3, -0.25) is 4.79 Å². The molecule has 0 aromatic carbocycles. The second kappa shape index (κ2) is 7.00. The Bertz CT molecular complexity index is 434. The highest BCUT2D eigenvalue weighted by Crippen LogP contribution is 2.26. The maximum Gasteiger partial charge on any atom is 0.211 e. The lowest BCUT2D eigenvalue weighted by Gasteiger charge is -2.33. The minimum absolute atomic E-state index is 0.0854. The van der Waals surface area contributed by atoms with E-state index in [1.165, 1.54) is 10.6 Å². The minimum Gasteiger partial charge on any atom is -0.368 e.